The topological polar surface area (TPSA) is 20.2 Å². The molecule has 0 aromatic heterocycles. The van der Waals surface area contributed by atoms with Crippen molar-refractivity contribution in [3.05, 3.63) is 35.9 Å². The highest BCUT2D eigenvalue weighted by Gasteiger charge is 1.87. The molecule has 0 spiro atoms. The van der Waals surface area contributed by atoms with Crippen molar-refractivity contribution in [1.82, 2.24) is 0 Å². The predicted molar refractivity (Wildman–Crippen MR) is 55.7 cm³/mol. The molecule has 70 valence electrons. The van der Waals surface area contributed by atoms with E-state index in [9.17, 15) is 0 Å². The summed E-state index contributed by atoms with van der Waals surface area (Å²) < 4.78 is 0. The normalized spacial score (nSPS) is 8.08. The van der Waals surface area contributed by atoms with Crippen LogP contribution in [-0.2, 0) is 6.42 Å². The third-order valence-corrected chi connectivity index (χ3v) is 1.47. The van der Waals surface area contributed by atoms with E-state index in [0.29, 0.717) is 0 Å². The average molecular weight is 188 g/mol. The Labute approximate surface area is 76.8 Å². The van der Waals surface area contributed by atoms with Crippen molar-refractivity contribution in [3.63, 3.8) is 0 Å². The van der Waals surface area contributed by atoms with Gasteiger partial charge in [0.25, 0.3) is 0 Å². The molecule has 0 amide bonds. The molecule has 0 radical (unpaired) electrons. The lowest BCUT2D eigenvalue weighted by Crippen LogP contribution is -1.87. The van der Waals surface area contributed by atoms with Crippen LogP contribution in [-0.4, -0.2) is 22.7 Å². The molecule has 0 atom stereocenters. The standard InChI is InChI=1S/C9H12O.FH.H4Si/c10-8-4-7-9-5-2-1-3-6-9;;/h1-3,5-6,10H,4,7-8H2;1H;1H4. The van der Waals surface area contributed by atoms with Gasteiger partial charge in [-0.25, -0.2) is 0 Å². The summed E-state index contributed by atoms with van der Waals surface area (Å²) in [6.45, 7) is 0.287. The average Bonchev–Trinajstić information content (AvgIpc) is 2.03. The number of halogens is 1. The molecule has 0 bridgehead atoms. The maximum atomic E-state index is 8.53. The van der Waals surface area contributed by atoms with Crippen LogP contribution >= 0.6 is 0 Å². The van der Waals surface area contributed by atoms with Crippen molar-refractivity contribution in [2.24, 2.45) is 0 Å². The highest BCUT2D eigenvalue weighted by atomic mass is 28.1. The van der Waals surface area contributed by atoms with Gasteiger partial charge in [-0.1, -0.05) is 30.3 Å². The van der Waals surface area contributed by atoms with Crippen LogP contribution in [0, 0.1) is 0 Å². The van der Waals surface area contributed by atoms with E-state index >= 15 is 0 Å². The molecule has 0 aliphatic carbocycles. The molecule has 1 nitrogen and oxygen atoms in total. The zero-order valence-corrected chi connectivity index (χ0v) is 6.36. The fourth-order valence-electron chi connectivity index (χ4n) is 0.928. The van der Waals surface area contributed by atoms with Crippen LogP contribution in [0.2, 0.25) is 0 Å². The van der Waals surface area contributed by atoms with Crippen molar-refractivity contribution in [3.8, 4) is 0 Å². The summed E-state index contributed by atoms with van der Waals surface area (Å²) in [6.07, 6.45) is 1.85. The molecule has 0 unspecified atom stereocenters. The van der Waals surface area contributed by atoms with E-state index in [0.717, 1.165) is 12.8 Å². The van der Waals surface area contributed by atoms with Gasteiger partial charge in [-0.05, 0) is 29.4 Å². The number of hydrogen-bond donors (Lipinski definition) is 1. The molecule has 1 N–H and O–H groups in total. The monoisotopic (exact) mass is 188 g/mol. The van der Waals surface area contributed by atoms with Crippen LogP contribution < -0.4 is 0 Å². The van der Waals surface area contributed by atoms with E-state index in [1.165, 1.54) is 5.56 Å². The van der Waals surface area contributed by atoms with E-state index < -0.39 is 0 Å². The summed E-state index contributed by atoms with van der Waals surface area (Å²) in [7, 11) is 0. The number of rotatable bonds is 3. The van der Waals surface area contributed by atoms with Crippen LogP contribution in [0.25, 0.3) is 0 Å². The molecule has 12 heavy (non-hydrogen) atoms. The second-order valence-corrected chi connectivity index (χ2v) is 2.31. The summed E-state index contributed by atoms with van der Waals surface area (Å²) in [6, 6.07) is 10.2. The molecule has 1 aromatic rings. The molecular weight excluding hydrogens is 171 g/mol. The Balaban J connectivity index is 0. The maximum Gasteiger partial charge on any atom is 0.0434 e. The first-order valence-corrected chi connectivity index (χ1v) is 3.58. The third-order valence-electron chi connectivity index (χ3n) is 1.47. The summed E-state index contributed by atoms with van der Waals surface area (Å²) >= 11 is 0. The molecule has 0 heterocycles. The van der Waals surface area contributed by atoms with Gasteiger partial charge in [0.15, 0.2) is 0 Å². The fourth-order valence-corrected chi connectivity index (χ4v) is 0.928. The molecular formula is C9H17FOSi. The van der Waals surface area contributed by atoms with Crippen molar-refractivity contribution >= 4 is 11.0 Å². The molecule has 1 rings (SSSR count). The van der Waals surface area contributed by atoms with Crippen molar-refractivity contribution in [1.29, 1.82) is 0 Å². The van der Waals surface area contributed by atoms with Crippen LogP contribution in [0.1, 0.15) is 12.0 Å². The SMILES string of the molecule is F.OCCCc1ccccc1.[SiH4]. The van der Waals surface area contributed by atoms with Crippen LogP contribution in [0.5, 0.6) is 0 Å². The molecule has 3 heteroatoms. The van der Waals surface area contributed by atoms with E-state index in [4.69, 9.17) is 5.11 Å². The third kappa shape index (κ3) is 5.04. The summed E-state index contributed by atoms with van der Waals surface area (Å²) in [4.78, 5) is 0. The Hall–Kier alpha value is -0.673. The second-order valence-electron chi connectivity index (χ2n) is 2.31. The van der Waals surface area contributed by atoms with Gasteiger partial charge in [0.2, 0.25) is 0 Å². The van der Waals surface area contributed by atoms with E-state index in [1.807, 2.05) is 18.2 Å². The molecule has 0 aliphatic heterocycles. The van der Waals surface area contributed by atoms with Gasteiger partial charge < -0.3 is 5.11 Å². The summed E-state index contributed by atoms with van der Waals surface area (Å²) in [5.41, 5.74) is 1.30. The zero-order valence-electron chi connectivity index (χ0n) is 6.36. The Morgan fingerprint density at radius 2 is 1.67 bits per heavy atom. The number of aliphatic hydroxyl groups excluding tert-OH is 1. The largest absolute Gasteiger partial charge is 0.396 e. The molecule has 0 saturated carbocycles. The summed E-state index contributed by atoms with van der Waals surface area (Å²) in [5.74, 6) is 0. The summed E-state index contributed by atoms with van der Waals surface area (Å²) in [5, 5.41) is 8.53. The first-order valence-electron chi connectivity index (χ1n) is 3.58. The first kappa shape index (κ1) is 13.9. The van der Waals surface area contributed by atoms with Gasteiger partial charge in [0.05, 0.1) is 0 Å². The maximum absolute atomic E-state index is 8.53. The highest BCUT2D eigenvalue weighted by molar-refractivity contribution is 5.75. The minimum absolute atomic E-state index is 0. The van der Waals surface area contributed by atoms with E-state index in [1.54, 1.807) is 0 Å². The zero-order chi connectivity index (χ0) is 7.23. The van der Waals surface area contributed by atoms with Crippen LogP contribution in [0.3, 0.4) is 0 Å². The Bertz CT molecular complexity index is 179. The molecule has 0 saturated heterocycles. The van der Waals surface area contributed by atoms with E-state index in [-0.39, 0.29) is 22.3 Å². The van der Waals surface area contributed by atoms with Crippen LogP contribution in [0.15, 0.2) is 30.3 Å². The quantitative estimate of drug-likeness (QED) is 0.677. The number of aryl methyl sites for hydroxylation is 1. The lowest BCUT2D eigenvalue weighted by molar-refractivity contribution is 0.288. The molecule has 0 fully saturated rings. The van der Waals surface area contributed by atoms with Gasteiger partial charge in [0, 0.05) is 6.61 Å². The van der Waals surface area contributed by atoms with Crippen LogP contribution in [0.4, 0.5) is 4.70 Å². The minimum atomic E-state index is 0. The lowest BCUT2D eigenvalue weighted by atomic mass is 10.1. The van der Waals surface area contributed by atoms with E-state index in [2.05, 4.69) is 12.1 Å². The number of benzene rings is 1. The Kier molecular flexibility index (Phi) is 9.75. The van der Waals surface area contributed by atoms with Crippen molar-refractivity contribution in [2.45, 2.75) is 12.8 Å². The molecule has 0 aliphatic rings. The van der Waals surface area contributed by atoms with Gasteiger partial charge >= 0.3 is 0 Å². The first-order chi connectivity index (χ1) is 4.93. The highest BCUT2D eigenvalue weighted by Crippen LogP contribution is 2.00. The fraction of sp³-hybridized carbons (Fsp3) is 0.333. The van der Waals surface area contributed by atoms with Gasteiger partial charge in [-0.2, -0.15) is 0 Å². The number of hydrogen-bond acceptors (Lipinski definition) is 1. The second kappa shape index (κ2) is 8.42. The van der Waals surface area contributed by atoms with Gasteiger partial charge in [-0.15, -0.1) is 0 Å². The lowest BCUT2D eigenvalue weighted by Gasteiger charge is -1.96. The van der Waals surface area contributed by atoms with Crippen molar-refractivity contribution < 1.29 is 9.81 Å². The van der Waals surface area contributed by atoms with Crippen molar-refractivity contribution in [2.75, 3.05) is 6.61 Å². The number of aliphatic hydroxyl groups is 1. The van der Waals surface area contributed by atoms with Gasteiger partial charge in [0.1, 0.15) is 0 Å². The van der Waals surface area contributed by atoms with Gasteiger partial charge in [-0.3, -0.25) is 4.70 Å². The Morgan fingerprint density at radius 1 is 1.08 bits per heavy atom. The smallest absolute Gasteiger partial charge is 0.0434 e. The Morgan fingerprint density at radius 3 is 2.17 bits per heavy atom. The molecule has 1 aromatic carbocycles. The minimum Gasteiger partial charge on any atom is -0.396 e. The predicted octanol–water partition coefficient (Wildman–Crippen LogP) is 0.312.